The molecule has 0 N–H and O–H groups in total. The smallest absolute Gasteiger partial charge is 1.00 e. The van der Waals surface area contributed by atoms with Crippen LogP contribution in [0.2, 0.25) is 0 Å². The summed E-state index contributed by atoms with van der Waals surface area (Å²) >= 11 is 0. The monoisotopic (exact) mass is 151 g/mol. The van der Waals surface area contributed by atoms with Gasteiger partial charge in [0.25, 0.3) is 0 Å². The first-order chi connectivity index (χ1) is 2.64. The van der Waals surface area contributed by atoms with Crippen LogP contribution in [0, 0.1) is 0 Å². The molecule has 0 spiro atoms. The van der Waals surface area contributed by atoms with Crippen molar-refractivity contribution in [2.75, 3.05) is 0 Å². The molecule has 0 aromatic rings. The van der Waals surface area contributed by atoms with Crippen molar-refractivity contribution in [2.45, 2.75) is 0 Å². The SMILES string of the molecule is O=C([O-])C(=O)[O-].[H-].[Li+].[Mn+2]. The molecule has 0 unspecified atom stereocenters. The fourth-order valence-electron chi connectivity index (χ4n) is 0. The number of aliphatic carboxylic acids is 2. The summed E-state index contributed by atoms with van der Waals surface area (Å²) in [6.07, 6.45) is 0. The van der Waals surface area contributed by atoms with E-state index < -0.39 is 11.9 Å². The number of carboxylic acids is 2. The molecule has 0 rings (SSSR count). The van der Waals surface area contributed by atoms with E-state index in [1.807, 2.05) is 0 Å². The fourth-order valence-corrected chi connectivity index (χ4v) is 0. The molecule has 41 valence electrons. The van der Waals surface area contributed by atoms with Crippen molar-refractivity contribution in [2.24, 2.45) is 0 Å². The molecule has 0 aromatic heterocycles. The molecule has 8 heavy (non-hydrogen) atoms. The van der Waals surface area contributed by atoms with E-state index in [-0.39, 0.29) is 37.4 Å². The zero-order valence-electron chi connectivity index (χ0n) is 5.01. The molecule has 0 saturated carbocycles. The van der Waals surface area contributed by atoms with Crippen LogP contribution in [0.15, 0.2) is 0 Å². The van der Waals surface area contributed by atoms with Gasteiger partial charge in [0.1, 0.15) is 0 Å². The number of hydrogen-bond donors (Lipinski definition) is 0. The van der Waals surface area contributed by atoms with Gasteiger partial charge < -0.3 is 21.2 Å². The van der Waals surface area contributed by atoms with E-state index in [1.165, 1.54) is 0 Å². The van der Waals surface area contributed by atoms with Crippen molar-refractivity contribution in [3.05, 3.63) is 0 Å². The molecule has 0 bridgehead atoms. The van der Waals surface area contributed by atoms with Gasteiger partial charge in [0.15, 0.2) is 0 Å². The second kappa shape index (κ2) is 7.06. The average Bonchev–Trinajstić information content (AvgIpc) is 1.36. The van der Waals surface area contributed by atoms with Gasteiger partial charge in [-0.05, 0) is 0 Å². The summed E-state index contributed by atoms with van der Waals surface area (Å²) in [6.45, 7) is 0. The van der Waals surface area contributed by atoms with E-state index >= 15 is 0 Å². The number of hydrogen-bond acceptors (Lipinski definition) is 4. The summed E-state index contributed by atoms with van der Waals surface area (Å²) in [7, 11) is 0. The van der Waals surface area contributed by atoms with Crippen molar-refractivity contribution in [1.29, 1.82) is 0 Å². The predicted molar refractivity (Wildman–Crippen MR) is 11.1 cm³/mol. The van der Waals surface area contributed by atoms with Crippen molar-refractivity contribution >= 4 is 11.9 Å². The molecule has 0 aromatic carbocycles. The largest absolute Gasteiger partial charge is 2.00 e. The van der Waals surface area contributed by atoms with Crippen LogP contribution in [-0.2, 0) is 26.7 Å². The summed E-state index contributed by atoms with van der Waals surface area (Å²) in [5, 5.41) is 17.9. The molecule has 0 atom stereocenters. The van der Waals surface area contributed by atoms with Crippen LogP contribution in [-0.4, -0.2) is 11.9 Å². The van der Waals surface area contributed by atoms with Crippen molar-refractivity contribution in [3.63, 3.8) is 0 Å². The maximum atomic E-state index is 8.93. The third-order valence-corrected chi connectivity index (χ3v) is 0.167. The predicted octanol–water partition coefficient (Wildman–Crippen LogP) is -6.40. The van der Waals surface area contributed by atoms with Crippen molar-refractivity contribution < 1.29 is 57.2 Å². The van der Waals surface area contributed by atoms with Crippen LogP contribution in [0.1, 0.15) is 1.43 Å². The van der Waals surface area contributed by atoms with Gasteiger partial charge in [-0.1, -0.05) is 0 Å². The molecule has 0 aliphatic rings. The van der Waals surface area contributed by atoms with Crippen LogP contribution in [0.25, 0.3) is 0 Å². The van der Waals surface area contributed by atoms with E-state index in [0.29, 0.717) is 0 Å². The maximum Gasteiger partial charge on any atom is 2.00 e. The topological polar surface area (TPSA) is 80.3 Å². The number of rotatable bonds is 0. The minimum Gasteiger partial charge on any atom is -1.00 e. The molecule has 6 heteroatoms. The molecule has 0 aliphatic heterocycles. The second-order valence-electron chi connectivity index (χ2n) is 0.575. The van der Waals surface area contributed by atoms with Gasteiger partial charge in [0, 0.05) is 0 Å². The summed E-state index contributed by atoms with van der Waals surface area (Å²) in [5.41, 5.74) is 0. The van der Waals surface area contributed by atoms with Crippen molar-refractivity contribution in [1.82, 2.24) is 0 Å². The average molecular weight is 151 g/mol. The first kappa shape index (κ1) is 15.7. The normalized spacial score (nSPS) is 5.50. The minimum absolute atomic E-state index is 0. The van der Waals surface area contributed by atoms with Gasteiger partial charge in [0.05, 0.1) is 11.9 Å². The summed E-state index contributed by atoms with van der Waals surface area (Å²) in [4.78, 5) is 17.9. The minimum atomic E-state index is -2.19. The number of carbonyl (C=O) groups excluding carboxylic acids is 2. The summed E-state index contributed by atoms with van der Waals surface area (Å²) < 4.78 is 0. The zero-order valence-corrected chi connectivity index (χ0v) is 5.19. The van der Waals surface area contributed by atoms with Crippen LogP contribution in [0.5, 0.6) is 0 Å². The maximum absolute atomic E-state index is 8.93. The zero-order chi connectivity index (χ0) is 5.15. The third kappa shape index (κ3) is 9.41. The van der Waals surface area contributed by atoms with Gasteiger partial charge in [-0.2, -0.15) is 0 Å². The first-order valence-corrected chi connectivity index (χ1v) is 1.07. The van der Waals surface area contributed by atoms with Gasteiger partial charge in [-0.15, -0.1) is 0 Å². The molecule has 0 amide bonds. The number of carboxylic acid groups (broad SMARTS) is 2. The molecule has 0 heterocycles. The van der Waals surface area contributed by atoms with Crippen LogP contribution >= 0.6 is 0 Å². The van der Waals surface area contributed by atoms with E-state index in [4.69, 9.17) is 19.8 Å². The molecule has 1 radical (unpaired) electrons. The molecular formula is C2HLiMnO4. The Morgan fingerprint density at radius 3 is 1.25 bits per heavy atom. The van der Waals surface area contributed by atoms with Gasteiger partial charge in [-0.3, -0.25) is 0 Å². The van der Waals surface area contributed by atoms with E-state index in [1.54, 1.807) is 0 Å². The number of carbonyl (C=O) groups is 2. The second-order valence-corrected chi connectivity index (χ2v) is 0.575. The Labute approximate surface area is 69.4 Å². The Morgan fingerprint density at radius 1 is 1.12 bits per heavy atom. The molecule has 0 aliphatic carbocycles. The van der Waals surface area contributed by atoms with Crippen molar-refractivity contribution in [3.8, 4) is 0 Å². The Bertz CT molecular complexity index is 84.6. The molecular weight excluding hydrogens is 150 g/mol. The Hall–Kier alpha value is 0.0569. The van der Waals surface area contributed by atoms with E-state index in [2.05, 4.69) is 0 Å². The Balaban J connectivity index is -0.0000000417. The molecule has 4 nitrogen and oxygen atoms in total. The fraction of sp³-hybridized carbons (Fsp3) is 0. The Morgan fingerprint density at radius 2 is 1.25 bits per heavy atom. The Kier molecular flexibility index (Phi) is 13.8. The third-order valence-electron chi connectivity index (χ3n) is 0.167. The van der Waals surface area contributed by atoms with Crippen LogP contribution < -0.4 is 29.1 Å². The summed E-state index contributed by atoms with van der Waals surface area (Å²) in [5.74, 6) is -4.37. The first-order valence-electron chi connectivity index (χ1n) is 1.07. The standard InChI is InChI=1S/C2H2O4.Li.Mn.H/c3-1(4)2(5)6;;;/h(H,3,4)(H,5,6);;;/q;+1;+2;-1/p-2. The van der Waals surface area contributed by atoms with E-state index in [9.17, 15) is 0 Å². The van der Waals surface area contributed by atoms with Gasteiger partial charge in [0.2, 0.25) is 0 Å². The van der Waals surface area contributed by atoms with Gasteiger partial charge in [-0.25, -0.2) is 0 Å². The quantitative estimate of drug-likeness (QED) is 0.254. The van der Waals surface area contributed by atoms with E-state index in [0.717, 1.165) is 0 Å². The van der Waals surface area contributed by atoms with Crippen LogP contribution in [0.4, 0.5) is 0 Å². The van der Waals surface area contributed by atoms with Crippen LogP contribution in [0.3, 0.4) is 0 Å². The van der Waals surface area contributed by atoms with Gasteiger partial charge >= 0.3 is 35.9 Å². The molecule has 0 fully saturated rings. The summed E-state index contributed by atoms with van der Waals surface area (Å²) in [6, 6.07) is 0. The molecule has 0 saturated heterocycles.